The van der Waals surface area contributed by atoms with Crippen LogP contribution in [0.2, 0.25) is 0 Å². The van der Waals surface area contributed by atoms with Crippen LogP contribution in [0.4, 0.5) is 0 Å². The summed E-state index contributed by atoms with van der Waals surface area (Å²) >= 11 is 0. The first-order valence-corrected chi connectivity index (χ1v) is 8.90. The number of hydrogen-bond acceptors (Lipinski definition) is 4. The van der Waals surface area contributed by atoms with Crippen LogP contribution < -0.4 is 0 Å². The number of nitro groups is 2. The van der Waals surface area contributed by atoms with Crippen molar-refractivity contribution in [3.63, 3.8) is 0 Å². The largest absolute Gasteiger partial charge is 0.484 e. The van der Waals surface area contributed by atoms with Gasteiger partial charge in [0, 0.05) is 0 Å². The van der Waals surface area contributed by atoms with E-state index in [9.17, 15) is 20.2 Å². The second-order valence-electron chi connectivity index (χ2n) is 6.28. The Bertz CT molecular complexity index is 491. The Kier molecular flexibility index (Phi) is 8.97. The van der Waals surface area contributed by atoms with Gasteiger partial charge in [0.05, 0.1) is 6.42 Å². The smallest absolute Gasteiger partial charge is 0.258 e. The van der Waals surface area contributed by atoms with Crippen LogP contribution in [0.3, 0.4) is 0 Å². The maximum absolute atomic E-state index is 11.5. The highest BCUT2D eigenvalue weighted by Gasteiger charge is 2.57. The second-order valence-corrected chi connectivity index (χ2v) is 6.28. The molecule has 6 heteroatoms. The first kappa shape index (κ1) is 20.1. The molecule has 1 rings (SSSR count). The minimum absolute atomic E-state index is 0.0627. The van der Waals surface area contributed by atoms with Gasteiger partial charge in [0.1, 0.15) is 15.4 Å². The highest BCUT2D eigenvalue weighted by Crippen LogP contribution is 2.31. The standard InChI is InChI=1S/C18H28N2O4/c1-2-3-4-5-6-7-8-9-13-16-18(19(21)22,20(23)24)17-14-11-10-12-15-17/h10-12,14-15H,2-9,13,16H2,1H3. The Labute approximate surface area is 143 Å². The van der Waals surface area contributed by atoms with Crippen LogP contribution in [-0.4, -0.2) is 9.85 Å². The average Bonchev–Trinajstić information content (AvgIpc) is 2.57. The van der Waals surface area contributed by atoms with Crippen LogP contribution in [0.15, 0.2) is 30.3 Å². The molecule has 24 heavy (non-hydrogen) atoms. The molecule has 0 saturated heterocycles. The molecular formula is C18H28N2O4. The van der Waals surface area contributed by atoms with Gasteiger partial charge in [0.15, 0.2) is 0 Å². The van der Waals surface area contributed by atoms with Gasteiger partial charge < -0.3 is 0 Å². The molecule has 0 heterocycles. The Balaban J connectivity index is 2.50. The SMILES string of the molecule is CCCCCCCCCCCC(c1ccccc1)([N+](=O)[O-])[N+](=O)[O-]. The predicted molar refractivity (Wildman–Crippen MR) is 94.0 cm³/mol. The van der Waals surface area contributed by atoms with Crippen molar-refractivity contribution in [1.29, 1.82) is 0 Å². The van der Waals surface area contributed by atoms with Gasteiger partial charge in [-0.1, -0.05) is 76.5 Å². The van der Waals surface area contributed by atoms with E-state index in [0.29, 0.717) is 6.42 Å². The third-order valence-corrected chi connectivity index (χ3v) is 4.47. The quantitative estimate of drug-likeness (QED) is 0.211. The Morgan fingerprint density at radius 1 is 0.792 bits per heavy atom. The van der Waals surface area contributed by atoms with E-state index in [1.54, 1.807) is 18.2 Å². The topological polar surface area (TPSA) is 86.3 Å². The maximum atomic E-state index is 11.5. The molecule has 0 aliphatic rings. The van der Waals surface area contributed by atoms with Crippen molar-refractivity contribution in [2.24, 2.45) is 0 Å². The molecule has 6 nitrogen and oxygen atoms in total. The van der Waals surface area contributed by atoms with Gasteiger partial charge in [0.2, 0.25) is 0 Å². The molecule has 0 aliphatic carbocycles. The summed E-state index contributed by atoms with van der Waals surface area (Å²) in [6.45, 7) is 2.18. The summed E-state index contributed by atoms with van der Waals surface area (Å²) in [5.41, 5.74) is -2.07. The van der Waals surface area contributed by atoms with Gasteiger partial charge >= 0.3 is 5.66 Å². The van der Waals surface area contributed by atoms with E-state index in [-0.39, 0.29) is 12.0 Å². The van der Waals surface area contributed by atoms with Crippen molar-refractivity contribution >= 4 is 0 Å². The number of hydrogen-bond donors (Lipinski definition) is 0. The Hall–Kier alpha value is -1.98. The van der Waals surface area contributed by atoms with E-state index < -0.39 is 15.5 Å². The van der Waals surface area contributed by atoms with Crippen LogP contribution in [0.1, 0.15) is 76.7 Å². The maximum Gasteiger partial charge on any atom is 0.484 e. The van der Waals surface area contributed by atoms with Crippen molar-refractivity contribution < 1.29 is 9.85 Å². The Morgan fingerprint density at radius 3 is 1.71 bits per heavy atom. The third kappa shape index (κ3) is 5.58. The summed E-state index contributed by atoms with van der Waals surface area (Å²) in [7, 11) is 0. The highest BCUT2D eigenvalue weighted by atomic mass is 16.7. The number of nitrogens with zero attached hydrogens (tertiary/aromatic N) is 2. The van der Waals surface area contributed by atoms with Crippen molar-refractivity contribution in [1.82, 2.24) is 0 Å². The molecule has 0 saturated carbocycles. The van der Waals surface area contributed by atoms with Crippen LogP contribution in [0, 0.1) is 20.2 Å². The van der Waals surface area contributed by atoms with E-state index in [0.717, 1.165) is 19.3 Å². The molecule has 0 aromatic heterocycles. The third-order valence-electron chi connectivity index (χ3n) is 4.47. The van der Waals surface area contributed by atoms with Crippen molar-refractivity contribution in [3.8, 4) is 0 Å². The van der Waals surface area contributed by atoms with Gasteiger partial charge in [-0.25, -0.2) is 0 Å². The van der Waals surface area contributed by atoms with Crippen LogP contribution >= 0.6 is 0 Å². The fraction of sp³-hybridized carbons (Fsp3) is 0.667. The predicted octanol–water partition coefficient (Wildman–Crippen LogP) is 5.31. The summed E-state index contributed by atoms with van der Waals surface area (Å²) in [4.78, 5) is 21.5. The van der Waals surface area contributed by atoms with Gasteiger partial charge in [-0.15, -0.1) is 0 Å². The molecule has 0 bridgehead atoms. The van der Waals surface area contributed by atoms with Crippen molar-refractivity contribution in [2.75, 3.05) is 0 Å². The number of rotatable bonds is 13. The van der Waals surface area contributed by atoms with E-state index in [2.05, 4.69) is 6.92 Å². The lowest BCUT2D eigenvalue weighted by Crippen LogP contribution is -2.43. The zero-order valence-electron chi connectivity index (χ0n) is 14.5. The van der Waals surface area contributed by atoms with Crippen LogP contribution in [0.5, 0.6) is 0 Å². The molecule has 1 aromatic rings. The van der Waals surface area contributed by atoms with Crippen LogP contribution in [-0.2, 0) is 5.66 Å². The minimum atomic E-state index is -2.22. The monoisotopic (exact) mass is 336 g/mol. The molecule has 0 atom stereocenters. The normalized spacial score (nSPS) is 11.4. The fourth-order valence-electron chi connectivity index (χ4n) is 2.99. The number of benzene rings is 1. The van der Waals surface area contributed by atoms with E-state index in [1.807, 2.05) is 0 Å². The minimum Gasteiger partial charge on any atom is -0.258 e. The molecule has 0 aliphatic heterocycles. The fourth-order valence-corrected chi connectivity index (χ4v) is 2.99. The van der Waals surface area contributed by atoms with E-state index in [1.165, 1.54) is 44.2 Å². The molecule has 0 N–H and O–H groups in total. The average molecular weight is 336 g/mol. The molecule has 0 spiro atoms. The van der Waals surface area contributed by atoms with Crippen molar-refractivity contribution in [2.45, 2.75) is 76.8 Å². The zero-order chi connectivity index (χ0) is 17.8. The summed E-state index contributed by atoms with van der Waals surface area (Å²) in [6, 6.07) is 7.85. The lowest BCUT2D eigenvalue weighted by atomic mass is 9.93. The molecule has 0 radical (unpaired) electrons. The highest BCUT2D eigenvalue weighted by molar-refractivity contribution is 5.19. The number of unbranched alkanes of at least 4 members (excludes halogenated alkanes) is 8. The molecule has 134 valence electrons. The van der Waals surface area contributed by atoms with Crippen LogP contribution in [0.25, 0.3) is 0 Å². The lowest BCUT2D eigenvalue weighted by molar-refractivity contribution is -0.811. The van der Waals surface area contributed by atoms with Gasteiger partial charge in [0.25, 0.3) is 0 Å². The van der Waals surface area contributed by atoms with Crippen molar-refractivity contribution in [3.05, 3.63) is 56.1 Å². The van der Waals surface area contributed by atoms with E-state index >= 15 is 0 Å². The summed E-state index contributed by atoms with van der Waals surface area (Å²) in [6.07, 6.45) is 9.46. The summed E-state index contributed by atoms with van der Waals surface area (Å²) in [5, 5.41) is 23.0. The molecule has 0 fully saturated rings. The molecular weight excluding hydrogens is 308 g/mol. The van der Waals surface area contributed by atoms with E-state index in [4.69, 9.17) is 0 Å². The Morgan fingerprint density at radius 2 is 1.25 bits per heavy atom. The van der Waals surface area contributed by atoms with Gasteiger partial charge in [-0.05, 0) is 18.6 Å². The first-order chi connectivity index (χ1) is 11.6. The molecule has 0 amide bonds. The van der Waals surface area contributed by atoms with Gasteiger partial charge in [-0.2, -0.15) is 0 Å². The summed E-state index contributed by atoms with van der Waals surface area (Å²) in [5.74, 6) is 0. The zero-order valence-corrected chi connectivity index (χ0v) is 14.5. The lowest BCUT2D eigenvalue weighted by Gasteiger charge is -2.17. The molecule has 0 unspecified atom stereocenters. The second kappa shape index (κ2) is 10.7. The van der Waals surface area contributed by atoms with Gasteiger partial charge in [-0.3, -0.25) is 20.2 Å². The molecule has 1 aromatic carbocycles. The summed E-state index contributed by atoms with van der Waals surface area (Å²) < 4.78 is 0. The first-order valence-electron chi connectivity index (χ1n) is 8.90.